The van der Waals surface area contributed by atoms with Gasteiger partial charge in [-0.2, -0.15) is 4.98 Å². The first kappa shape index (κ1) is 13.1. The molecule has 0 radical (unpaired) electrons. The third kappa shape index (κ3) is 2.28. The second-order valence-electron chi connectivity index (χ2n) is 4.86. The van der Waals surface area contributed by atoms with Crippen molar-refractivity contribution in [2.45, 2.75) is 18.4 Å². The van der Waals surface area contributed by atoms with Gasteiger partial charge in [0.2, 0.25) is 5.82 Å². The molecule has 2 heterocycles. The fraction of sp³-hybridized carbons (Fsp3) is 0.429. The topological polar surface area (TPSA) is 83.4 Å². The van der Waals surface area contributed by atoms with Crippen molar-refractivity contribution in [3.05, 3.63) is 30.1 Å². The van der Waals surface area contributed by atoms with E-state index in [4.69, 9.17) is 19.7 Å². The number of aromatic nitrogens is 2. The van der Waals surface area contributed by atoms with Crippen molar-refractivity contribution in [3.8, 4) is 11.5 Å². The lowest BCUT2D eigenvalue weighted by Gasteiger charge is -2.32. The SMILES string of the molecule is COC1(c2noc(-c3cccc(N)c3)n2)CCOCC1. The second-order valence-corrected chi connectivity index (χ2v) is 4.86. The molecule has 1 aromatic carbocycles. The molecule has 0 atom stereocenters. The Balaban J connectivity index is 1.93. The Kier molecular flexibility index (Phi) is 3.42. The zero-order chi connectivity index (χ0) is 14.0. The minimum absolute atomic E-state index is 0.454. The Labute approximate surface area is 116 Å². The van der Waals surface area contributed by atoms with Crippen LogP contribution in [0.25, 0.3) is 11.5 Å². The minimum atomic E-state index is -0.514. The first-order valence-electron chi connectivity index (χ1n) is 6.56. The number of methoxy groups -OCH3 is 1. The van der Waals surface area contributed by atoms with E-state index < -0.39 is 5.60 Å². The largest absolute Gasteiger partial charge is 0.399 e. The molecular weight excluding hydrogens is 258 g/mol. The Morgan fingerprint density at radius 1 is 1.30 bits per heavy atom. The number of hydrogen-bond donors (Lipinski definition) is 1. The minimum Gasteiger partial charge on any atom is -0.399 e. The van der Waals surface area contributed by atoms with Gasteiger partial charge in [0.25, 0.3) is 5.89 Å². The summed E-state index contributed by atoms with van der Waals surface area (Å²) in [5, 5.41) is 4.08. The first-order chi connectivity index (χ1) is 9.73. The van der Waals surface area contributed by atoms with Crippen molar-refractivity contribution in [2.75, 3.05) is 26.1 Å². The fourth-order valence-electron chi connectivity index (χ4n) is 2.42. The van der Waals surface area contributed by atoms with Crippen LogP contribution in [0.1, 0.15) is 18.7 Å². The van der Waals surface area contributed by atoms with Crippen LogP contribution < -0.4 is 5.73 Å². The van der Waals surface area contributed by atoms with Crippen LogP contribution in [0.15, 0.2) is 28.8 Å². The molecule has 1 aromatic heterocycles. The second kappa shape index (κ2) is 5.22. The van der Waals surface area contributed by atoms with Crippen LogP contribution in [-0.2, 0) is 15.1 Å². The van der Waals surface area contributed by atoms with Crippen molar-refractivity contribution < 1.29 is 14.0 Å². The maximum absolute atomic E-state index is 5.77. The van der Waals surface area contributed by atoms with Crippen molar-refractivity contribution in [2.24, 2.45) is 0 Å². The third-order valence-corrected chi connectivity index (χ3v) is 3.66. The van der Waals surface area contributed by atoms with Crippen LogP contribution in [0.3, 0.4) is 0 Å². The summed E-state index contributed by atoms with van der Waals surface area (Å²) >= 11 is 0. The standard InChI is InChI=1S/C14H17N3O3/c1-18-14(5-7-19-8-6-14)13-16-12(20-17-13)10-3-2-4-11(15)9-10/h2-4,9H,5-8,15H2,1H3. The van der Waals surface area contributed by atoms with Crippen LogP contribution >= 0.6 is 0 Å². The monoisotopic (exact) mass is 275 g/mol. The number of rotatable bonds is 3. The van der Waals surface area contributed by atoms with Gasteiger partial charge in [-0.1, -0.05) is 11.2 Å². The van der Waals surface area contributed by atoms with Crippen molar-refractivity contribution in [1.29, 1.82) is 0 Å². The smallest absolute Gasteiger partial charge is 0.258 e. The summed E-state index contributed by atoms with van der Waals surface area (Å²) < 4.78 is 16.4. The molecule has 0 unspecified atom stereocenters. The van der Waals surface area contributed by atoms with E-state index in [1.165, 1.54) is 0 Å². The van der Waals surface area contributed by atoms with Crippen molar-refractivity contribution >= 4 is 5.69 Å². The van der Waals surface area contributed by atoms with Gasteiger partial charge in [-0.15, -0.1) is 0 Å². The van der Waals surface area contributed by atoms with Gasteiger partial charge in [0.1, 0.15) is 5.60 Å². The molecule has 0 bridgehead atoms. The van der Waals surface area contributed by atoms with E-state index in [1.54, 1.807) is 13.2 Å². The molecule has 6 nitrogen and oxygen atoms in total. The van der Waals surface area contributed by atoms with Gasteiger partial charge in [-0.3, -0.25) is 0 Å². The van der Waals surface area contributed by atoms with E-state index in [2.05, 4.69) is 10.1 Å². The van der Waals surface area contributed by atoms with Gasteiger partial charge in [-0.25, -0.2) is 0 Å². The number of hydrogen-bond acceptors (Lipinski definition) is 6. The summed E-state index contributed by atoms with van der Waals surface area (Å²) in [7, 11) is 1.67. The average Bonchev–Trinajstić information content (AvgIpc) is 2.98. The van der Waals surface area contributed by atoms with Gasteiger partial charge in [0.05, 0.1) is 0 Å². The number of anilines is 1. The summed E-state index contributed by atoms with van der Waals surface area (Å²) in [6.45, 7) is 1.27. The molecule has 20 heavy (non-hydrogen) atoms. The predicted molar refractivity (Wildman–Crippen MR) is 72.9 cm³/mol. The molecule has 0 spiro atoms. The molecule has 0 saturated carbocycles. The summed E-state index contributed by atoms with van der Waals surface area (Å²) in [5.74, 6) is 1.02. The van der Waals surface area contributed by atoms with Gasteiger partial charge >= 0.3 is 0 Å². The lowest BCUT2D eigenvalue weighted by atomic mass is 9.93. The Hall–Kier alpha value is -1.92. The number of nitrogen functional groups attached to an aromatic ring is 1. The molecule has 2 N–H and O–H groups in total. The average molecular weight is 275 g/mol. The van der Waals surface area contributed by atoms with Crippen LogP contribution in [0.4, 0.5) is 5.69 Å². The first-order valence-corrected chi connectivity index (χ1v) is 6.56. The van der Waals surface area contributed by atoms with E-state index in [0.29, 0.717) is 30.6 Å². The highest BCUT2D eigenvalue weighted by molar-refractivity contribution is 5.59. The zero-order valence-corrected chi connectivity index (χ0v) is 11.3. The highest BCUT2D eigenvalue weighted by Crippen LogP contribution is 2.34. The Morgan fingerprint density at radius 2 is 2.10 bits per heavy atom. The number of nitrogens with two attached hydrogens (primary N) is 1. The normalized spacial score (nSPS) is 18.1. The van der Waals surface area contributed by atoms with E-state index in [1.807, 2.05) is 18.2 Å². The summed E-state index contributed by atoms with van der Waals surface area (Å²) in [6, 6.07) is 7.36. The van der Waals surface area contributed by atoms with Crippen LogP contribution in [0.2, 0.25) is 0 Å². The van der Waals surface area contributed by atoms with Gasteiger partial charge in [0.15, 0.2) is 0 Å². The molecule has 3 rings (SSSR count). The summed E-state index contributed by atoms with van der Waals surface area (Å²) in [6.07, 6.45) is 1.44. The summed E-state index contributed by atoms with van der Waals surface area (Å²) in [5.41, 5.74) is 6.72. The highest BCUT2D eigenvalue weighted by atomic mass is 16.5. The van der Waals surface area contributed by atoms with E-state index in [9.17, 15) is 0 Å². The van der Waals surface area contributed by atoms with E-state index >= 15 is 0 Å². The Morgan fingerprint density at radius 3 is 2.80 bits per heavy atom. The molecule has 0 amide bonds. The third-order valence-electron chi connectivity index (χ3n) is 3.66. The van der Waals surface area contributed by atoms with E-state index in [0.717, 1.165) is 18.4 Å². The molecule has 1 aliphatic rings. The van der Waals surface area contributed by atoms with E-state index in [-0.39, 0.29) is 0 Å². The lowest BCUT2D eigenvalue weighted by Crippen LogP contribution is -2.36. The maximum atomic E-state index is 5.77. The molecule has 2 aromatic rings. The highest BCUT2D eigenvalue weighted by Gasteiger charge is 2.39. The number of ether oxygens (including phenoxy) is 2. The fourth-order valence-corrected chi connectivity index (χ4v) is 2.42. The van der Waals surface area contributed by atoms with Crippen LogP contribution in [0, 0.1) is 0 Å². The molecule has 1 saturated heterocycles. The van der Waals surface area contributed by atoms with Crippen LogP contribution in [0.5, 0.6) is 0 Å². The molecule has 0 aliphatic carbocycles. The molecule has 106 valence electrons. The summed E-state index contributed by atoms with van der Waals surface area (Å²) in [4.78, 5) is 4.47. The molecule has 6 heteroatoms. The van der Waals surface area contributed by atoms with Crippen molar-refractivity contribution in [1.82, 2.24) is 10.1 Å². The molecular formula is C14H17N3O3. The quantitative estimate of drug-likeness (QED) is 0.862. The van der Waals surface area contributed by atoms with Gasteiger partial charge in [0, 0.05) is 44.4 Å². The molecule has 1 aliphatic heterocycles. The van der Waals surface area contributed by atoms with Gasteiger partial charge < -0.3 is 19.7 Å². The molecule has 1 fully saturated rings. The van der Waals surface area contributed by atoms with Crippen molar-refractivity contribution in [3.63, 3.8) is 0 Å². The lowest BCUT2D eigenvalue weighted by molar-refractivity contribution is -0.101. The van der Waals surface area contributed by atoms with Crippen LogP contribution in [-0.4, -0.2) is 30.5 Å². The maximum Gasteiger partial charge on any atom is 0.258 e. The number of nitrogens with zero attached hydrogens (tertiary/aromatic N) is 2. The Bertz CT molecular complexity index is 591. The number of benzene rings is 1. The predicted octanol–water partition coefficient (Wildman–Crippen LogP) is 1.97. The zero-order valence-electron chi connectivity index (χ0n) is 11.3. The van der Waals surface area contributed by atoms with Gasteiger partial charge in [-0.05, 0) is 18.2 Å².